The van der Waals surface area contributed by atoms with Gasteiger partial charge in [-0.15, -0.1) is 0 Å². The summed E-state index contributed by atoms with van der Waals surface area (Å²) in [7, 11) is 0. The standard InChI is InChI=1S/C12H17NO3/c14-11-8-5-7(6-8)10(12(15)16)13(11)9-3-1-2-4-9/h7-10H,1-6H2,(H,15,16). The zero-order valence-corrected chi connectivity index (χ0v) is 9.26. The van der Waals surface area contributed by atoms with E-state index in [0.29, 0.717) is 0 Å². The first kappa shape index (κ1) is 10.1. The quantitative estimate of drug-likeness (QED) is 0.766. The van der Waals surface area contributed by atoms with Crippen LogP contribution in [0.1, 0.15) is 38.5 Å². The third-order valence-corrected chi connectivity index (χ3v) is 4.50. The maximum atomic E-state index is 12.1. The number of nitrogens with zero attached hydrogens (tertiary/aromatic N) is 1. The fraction of sp³-hybridized carbons (Fsp3) is 0.833. The minimum atomic E-state index is -0.802. The van der Waals surface area contributed by atoms with Gasteiger partial charge in [0.15, 0.2) is 0 Å². The van der Waals surface area contributed by atoms with Crippen molar-refractivity contribution in [3.8, 4) is 0 Å². The Morgan fingerprint density at radius 1 is 1.25 bits per heavy atom. The molecule has 4 rings (SSSR count). The number of hydrogen-bond donors (Lipinski definition) is 1. The molecule has 88 valence electrons. The molecule has 0 aromatic heterocycles. The highest BCUT2D eigenvalue weighted by Gasteiger charge is 2.54. The molecular formula is C12H17NO3. The van der Waals surface area contributed by atoms with Gasteiger partial charge in [0, 0.05) is 12.0 Å². The molecular weight excluding hydrogens is 206 g/mol. The molecule has 2 aliphatic heterocycles. The Bertz CT molecular complexity index is 329. The Labute approximate surface area is 94.6 Å². The van der Waals surface area contributed by atoms with Crippen LogP contribution in [0.25, 0.3) is 0 Å². The average Bonchev–Trinajstić information content (AvgIpc) is 2.67. The molecule has 2 heterocycles. The molecule has 2 aliphatic carbocycles. The predicted octanol–water partition coefficient (Wildman–Crippen LogP) is 1.25. The Balaban J connectivity index is 1.86. The summed E-state index contributed by atoms with van der Waals surface area (Å²) in [5.41, 5.74) is 0. The van der Waals surface area contributed by atoms with E-state index < -0.39 is 12.0 Å². The molecule has 16 heavy (non-hydrogen) atoms. The van der Waals surface area contributed by atoms with Crippen LogP contribution in [0.4, 0.5) is 0 Å². The van der Waals surface area contributed by atoms with E-state index in [1.54, 1.807) is 4.90 Å². The summed E-state index contributed by atoms with van der Waals surface area (Å²) in [5, 5.41) is 9.29. The highest BCUT2D eigenvalue weighted by atomic mass is 16.4. The summed E-state index contributed by atoms with van der Waals surface area (Å²) in [6.07, 6.45) is 5.87. The summed E-state index contributed by atoms with van der Waals surface area (Å²) >= 11 is 0. The van der Waals surface area contributed by atoms with Gasteiger partial charge in [-0.05, 0) is 31.6 Å². The number of amides is 1. The molecule has 1 amide bonds. The second-order valence-corrected chi connectivity index (χ2v) is 5.40. The Kier molecular flexibility index (Phi) is 2.19. The topological polar surface area (TPSA) is 57.6 Å². The third kappa shape index (κ3) is 1.28. The van der Waals surface area contributed by atoms with Crippen molar-refractivity contribution in [1.29, 1.82) is 0 Å². The third-order valence-electron chi connectivity index (χ3n) is 4.50. The highest BCUT2D eigenvalue weighted by Crippen LogP contribution is 2.46. The SMILES string of the molecule is O=C(O)C1C2CC(C2)C(=O)N1C1CCCC1. The fourth-order valence-electron chi connectivity index (χ4n) is 3.61. The molecule has 1 unspecified atom stereocenters. The van der Waals surface area contributed by atoms with Gasteiger partial charge in [0.05, 0.1) is 0 Å². The van der Waals surface area contributed by atoms with Crippen molar-refractivity contribution >= 4 is 11.9 Å². The maximum Gasteiger partial charge on any atom is 0.326 e. The molecule has 2 saturated carbocycles. The number of rotatable bonds is 2. The van der Waals surface area contributed by atoms with Gasteiger partial charge in [0.1, 0.15) is 6.04 Å². The molecule has 2 saturated heterocycles. The van der Waals surface area contributed by atoms with Crippen LogP contribution in [0.5, 0.6) is 0 Å². The van der Waals surface area contributed by atoms with E-state index in [2.05, 4.69) is 0 Å². The van der Waals surface area contributed by atoms with Gasteiger partial charge < -0.3 is 10.0 Å². The van der Waals surface area contributed by atoms with Crippen LogP contribution in [0.3, 0.4) is 0 Å². The normalized spacial score (nSPS) is 38.6. The summed E-state index contributed by atoms with van der Waals surface area (Å²) in [6.45, 7) is 0. The molecule has 2 bridgehead atoms. The van der Waals surface area contributed by atoms with Crippen molar-refractivity contribution < 1.29 is 14.7 Å². The van der Waals surface area contributed by atoms with E-state index in [9.17, 15) is 14.7 Å². The molecule has 4 heteroatoms. The zero-order chi connectivity index (χ0) is 11.3. The molecule has 4 nitrogen and oxygen atoms in total. The number of carboxylic acids is 1. The second kappa shape index (κ2) is 3.47. The largest absolute Gasteiger partial charge is 0.480 e. The monoisotopic (exact) mass is 223 g/mol. The van der Waals surface area contributed by atoms with E-state index in [-0.39, 0.29) is 23.8 Å². The fourth-order valence-corrected chi connectivity index (χ4v) is 3.61. The number of carbonyl (C=O) groups excluding carboxylic acids is 1. The lowest BCUT2D eigenvalue weighted by Gasteiger charge is -2.52. The summed E-state index contributed by atoms with van der Waals surface area (Å²) in [5.74, 6) is -0.327. The second-order valence-electron chi connectivity index (χ2n) is 5.40. The first-order chi connectivity index (χ1) is 7.68. The number of aliphatic carboxylic acids is 1. The number of carbonyl (C=O) groups is 2. The van der Waals surface area contributed by atoms with E-state index >= 15 is 0 Å². The number of fused-ring (bicyclic) bond motifs is 2. The van der Waals surface area contributed by atoms with E-state index in [1.807, 2.05) is 0 Å². The van der Waals surface area contributed by atoms with Crippen LogP contribution >= 0.6 is 0 Å². The van der Waals surface area contributed by atoms with Crippen LogP contribution in [0, 0.1) is 11.8 Å². The summed E-state index contributed by atoms with van der Waals surface area (Å²) in [6, 6.07) is -0.320. The van der Waals surface area contributed by atoms with Crippen LogP contribution in [-0.4, -0.2) is 34.0 Å². The van der Waals surface area contributed by atoms with Gasteiger partial charge in [-0.1, -0.05) is 12.8 Å². The minimum absolute atomic E-state index is 0.113. The zero-order valence-electron chi connectivity index (χ0n) is 9.26. The Morgan fingerprint density at radius 2 is 1.88 bits per heavy atom. The lowest BCUT2D eigenvalue weighted by Crippen LogP contribution is -2.64. The van der Waals surface area contributed by atoms with Crippen molar-refractivity contribution in [2.75, 3.05) is 0 Å². The van der Waals surface area contributed by atoms with Gasteiger partial charge in [0.2, 0.25) is 5.91 Å². The summed E-state index contributed by atoms with van der Waals surface area (Å²) < 4.78 is 0. The number of hydrogen-bond acceptors (Lipinski definition) is 2. The van der Waals surface area contributed by atoms with Crippen molar-refractivity contribution in [3.05, 3.63) is 0 Å². The van der Waals surface area contributed by atoms with Crippen molar-refractivity contribution in [1.82, 2.24) is 4.90 Å². The van der Waals surface area contributed by atoms with Gasteiger partial charge in [-0.25, -0.2) is 4.79 Å². The summed E-state index contributed by atoms with van der Waals surface area (Å²) in [4.78, 5) is 25.2. The molecule has 1 N–H and O–H groups in total. The molecule has 0 radical (unpaired) electrons. The molecule has 4 fully saturated rings. The highest BCUT2D eigenvalue weighted by molar-refractivity contribution is 5.89. The first-order valence-electron chi connectivity index (χ1n) is 6.23. The van der Waals surface area contributed by atoms with E-state index in [0.717, 1.165) is 38.5 Å². The predicted molar refractivity (Wildman–Crippen MR) is 56.7 cm³/mol. The van der Waals surface area contributed by atoms with Crippen molar-refractivity contribution in [3.63, 3.8) is 0 Å². The Hall–Kier alpha value is -1.06. The van der Waals surface area contributed by atoms with Crippen LogP contribution < -0.4 is 0 Å². The lowest BCUT2D eigenvalue weighted by molar-refractivity contribution is -0.173. The molecule has 0 aromatic carbocycles. The molecule has 1 atom stereocenters. The van der Waals surface area contributed by atoms with Crippen LogP contribution in [0.2, 0.25) is 0 Å². The maximum absolute atomic E-state index is 12.1. The number of piperidine rings is 2. The van der Waals surface area contributed by atoms with Gasteiger partial charge >= 0.3 is 5.97 Å². The molecule has 0 spiro atoms. The smallest absolute Gasteiger partial charge is 0.326 e. The number of carboxylic acid groups (broad SMARTS) is 1. The van der Waals surface area contributed by atoms with E-state index in [1.165, 1.54) is 0 Å². The van der Waals surface area contributed by atoms with Crippen LogP contribution in [0.15, 0.2) is 0 Å². The van der Waals surface area contributed by atoms with Crippen molar-refractivity contribution in [2.45, 2.75) is 50.6 Å². The minimum Gasteiger partial charge on any atom is -0.480 e. The average molecular weight is 223 g/mol. The van der Waals surface area contributed by atoms with Gasteiger partial charge in [-0.2, -0.15) is 0 Å². The van der Waals surface area contributed by atoms with Gasteiger partial charge in [-0.3, -0.25) is 4.79 Å². The first-order valence-corrected chi connectivity index (χ1v) is 6.23. The van der Waals surface area contributed by atoms with Crippen LogP contribution in [-0.2, 0) is 9.59 Å². The van der Waals surface area contributed by atoms with E-state index in [4.69, 9.17) is 0 Å². The van der Waals surface area contributed by atoms with Gasteiger partial charge in [0.25, 0.3) is 0 Å². The Morgan fingerprint density at radius 3 is 2.44 bits per heavy atom. The lowest BCUT2D eigenvalue weighted by atomic mass is 9.65. The molecule has 4 aliphatic rings. The van der Waals surface area contributed by atoms with Crippen molar-refractivity contribution in [2.24, 2.45) is 11.8 Å². The molecule has 0 aromatic rings.